The van der Waals surface area contributed by atoms with Crippen LogP contribution in [0.1, 0.15) is 5.56 Å². The van der Waals surface area contributed by atoms with Crippen molar-refractivity contribution in [3.8, 4) is 0 Å². The molecule has 1 aromatic carbocycles. The van der Waals surface area contributed by atoms with Crippen LogP contribution in [0.4, 0.5) is 0 Å². The average Bonchev–Trinajstić information content (AvgIpc) is 2.41. The summed E-state index contributed by atoms with van der Waals surface area (Å²) in [5, 5.41) is 0.672. The zero-order chi connectivity index (χ0) is 13.5. The van der Waals surface area contributed by atoms with E-state index >= 15 is 0 Å². The predicted octanol–water partition coefficient (Wildman–Crippen LogP) is -2.88. The second kappa shape index (κ2) is 25.2. The second-order valence-corrected chi connectivity index (χ2v) is 2.84. The van der Waals surface area contributed by atoms with E-state index in [-0.39, 0.29) is 103 Å². The van der Waals surface area contributed by atoms with Gasteiger partial charge in [0.05, 0.1) is 0 Å². The molecule has 1 rings (SSSR count). The Balaban J connectivity index is -0.000000123. The fraction of sp³-hybridized carbons (Fsp3) is 0.154. The second-order valence-electron chi connectivity index (χ2n) is 2.41. The summed E-state index contributed by atoms with van der Waals surface area (Å²) in [4.78, 5) is 9.78. The molecule has 0 aliphatic heterocycles. The Morgan fingerprint density at radius 3 is 2.11 bits per heavy atom. The van der Waals surface area contributed by atoms with Gasteiger partial charge in [-0.1, -0.05) is 30.3 Å². The third-order valence-electron chi connectivity index (χ3n) is 1.35. The van der Waals surface area contributed by atoms with Gasteiger partial charge in [-0.05, 0) is 12.1 Å². The number of benzene rings is 1. The molecule has 0 heterocycles. The van der Waals surface area contributed by atoms with Crippen LogP contribution in [-0.4, -0.2) is 25.9 Å². The van der Waals surface area contributed by atoms with Gasteiger partial charge in [-0.3, -0.25) is 6.29 Å². The first-order valence-electron chi connectivity index (χ1n) is 4.47. The van der Waals surface area contributed by atoms with Crippen LogP contribution in [0.15, 0.2) is 30.3 Å². The maximum Gasteiger partial charge on any atom is 1.00 e. The van der Waals surface area contributed by atoms with Crippen LogP contribution in [-0.2, 0) is 9.53 Å². The minimum atomic E-state index is 0. The number of allylic oxidation sites excluding steroid dienone is 1. The summed E-state index contributed by atoms with van der Waals surface area (Å²) < 4.78 is 4.43. The first-order chi connectivity index (χ1) is 8.24. The molecule has 0 aliphatic carbocycles. The van der Waals surface area contributed by atoms with E-state index in [0.717, 1.165) is 5.56 Å². The molecule has 0 bridgehead atoms. The van der Waals surface area contributed by atoms with Crippen molar-refractivity contribution in [3.05, 3.63) is 53.9 Å². The van der Waals surface area contributed by atoms with E-state index < -0.39 is 0 Å². The zero-order valence-corrected chi connectivity index (χ0v) is 19.3. The number of halogens is 1. The smallest absolute Gasteiger partial charge is 0.540 e. The summed E-state index contributed by atoms with van der Waals surface area (Å²) in [6.07, 6.45) is 5.52. The molecule has 0 aliphatic rings. The standard InChI is InChI=1S/C9H5ClO.C3H7O.CHS.2K/c10-9-5-3-8(4-6-9)2-1-7-11;1-3-4-2;1-2;;/h1,3-6H;1,3H2,2H3;1H;;/q-2;2*-1;2*+1. The van der Waals surface area contributed by atoms with Gasteiger partial charge < -0.3 is 46.7 Å². The number of rotatable bonds is 3. The Morgan fingerprint density at radius 2 is 1.79 bits per heavy atom. The molecule has 0 aromatic heterocycles. The molecule has 0 N–H and O–H groups in total. The molecular weight excluding hydrogens is 334 g/mol. The molecule has 0 saturated carbocycles. The molecule has 0 saturated heterocycles. The van der Waals surface area contributed by atoms with Gasteiger partial charge in [0.25, 0.3) is 0 Å². The predicted molar refractivity (Wildman–Crippen MR) is 74.9 cm³/mol. The van der Waals surface area contributed by atoms with E-state index in [4.69, 9.17) is 11.6 Å². The van der Waals surface area contributed by atoms with Gasteiger partial charge >= 0.3 is 103 Å². The van der Waals surface area contributed by atoms with Crippen molar-refractivity contribution in [3.63, 3.8) is 0 Å². The van der Waals surface area contributed by atoms with E-state index in [1.807, 2.05) is 0 Å². The number of carbonyl (C=O) groups excluding carboxylic acids is 1. The van der Waals surface area contributed by atoms with Crippen LogP contribution in [0.5, 0.6) is 0 Å². The summed E-state index contributed by atoms with van der Waals surface area (Å²) in [6.45, 7) is 3.95. The number of methoxy groups -OCH3 is 1. The molecule has 0 fully saturated rings. The summed E-state index contributed by atoms with van der Waals surface area (Å²) >= 11 is 9.21. The van der Waals surface area contributed by atoms with Crippen LogP contribution in [0, 0.1) is 13.0 Å². The third-order valence-corrected chi connectivity index (χ3v) is 1.60. The molecule has 0 atom stereocenters. The molecule has 0 radical (unpaired) electrons. The first-order valence-corrected chi connectivity index (χ1v) is 5.32. The molecule has 1 aromatic rings. The van der Waals surface area contributed by atoms with E-state index in [1.54, 1.807) is 37.7 Å². The SMILES string of the molecule is O=[C-]C=[C-]c1ccc(Cl)cc1.[CH-]=S.[CH2-]COC.[K+].[K+]. The quantitative estimate of drug-likeness (QED) is 0.255. The Labute approximate surface area is 211 Å². The van der Waals surface area contributed by atoms with Gasteiger partial charge in [0, 0.05) is 12.1 Å². The largest absolute Gasteiger partial charge is 1.00 e. The van der Waals surface area contributed by atoms with E-state index in [0.29, 0.717) is 11.6 Å². The van der Waals surface area contributed by atoms with Gasteiger partial charge in [-0.25, -0.2) is 5.56 Å². The zero-order valence-electron chi connectivity index (χ0n) is 11.5. The van der Waals surface area contributed by atoms with Gasteiger partial charge in [-0.15, -0.1) is 0 Å². The van der Waals surface area contributed by atoms with Crippen molar-refractivity contribution in [2.75, 3.05) is 13.7 Å². The summed E-state index contributed by atoms with van der Waals surface area (Å²) in [5.41, 5.74) is 0.817. The fourth-order valence-electron chi connectivity index (χ4n) is 0.659. The normalized spacial score (nSPS) is 7.74. The molecule has 0 unspecified atom stereocenters. The van der Waals surface area contributed by atoms with Crippen molar-refractivity contribution in [2.45, 2.75) is 0 Å². The fourth-order valence-corrected chi connectivity index (χ4v) is 0.785. The summed E-state index contributed by atoms with van der Waals surface area (Å²) in [5.74, 6) is 4.08. The van der Waals surface area contributed by atoms with Crippen LogP contribution in [0.25, 0.3) is 0 Å². The number of hydrogen-bond acceptors (Lipinski definition) is 3. The van der Waals surface area contributed by atoms with Crippen LogP contribution < -0.4 is 103 Å². The maximum atomic E-state index is 9.78. The van der Waals surface area contributed by atoms with E-state index in [9.17, 15) is 4.79 Å². The minimum Gasteiger partial charge on any atom is -0.540 e. The van der Waals surface area contributed by atoms with Gasteiger partial charge in [0.15, 0.2) is 0 Å². The minimum absolute atomic E-state index is 0. The summed E-state index contributed by atoms with van der Waals surface area (Å²) in [7, 11) is 1.62. The van der Waals surface area contributed by atoms with Crippen molar-refractivity contribution >= 4 is 36.0 Å². The first kappa shape index (κ1) is 29.3. The Bertz CT molecular complexity index is 317. The molecule has 0 amide bonds. The van der Waals surface area contributed by atoms with Crippen LogP contribution in [0.3, 0.4) is 0 Å². The Kier molecular flexibility index (Phi) is 38.8. The van der Waals surface area contributed by atoms with E-state index in [2.05, 4.69) is 35.8 Å². The van der Waals surface area contributed by atoms with Crippen molar-refractivity contribution in [2.24, 2.45) is 0 Å². The number of hydrogen-bond donors (Lipinski definition) is 0. The van der Waals surface area contributed by atoms with Gasteiger partial charge in [-0.2, -0.15) is 0 Å². The van der Waals surface area contributed by atoms with Crippen LogP contribution in [0.2, 0.25) is 5.02 Å². The molecule has 0 spiro atoms. The van der Waals surface area contributed by atoms with Crippen LogP contribution >= 0.6 is 23.8 Å². The molecule has 2 nitrogen and oxygen atoms in total. The Hall–Kier alpha value is 2.24. The number of ether oxygens (including phenoxy) is 1. The maximum absolute atomic E-state index is 9.78. The molecule has 6 heteroatoms. The molecule has 94 valence electrons. The van der Waals surface area contributed by atoms with Crippen molar-refractivity contribution in [1.29, 1.82) is 0 Å². The third kappa shape index (κ3) is 22.7. The van der Waals surface area contributed by atoms with E-state index in [1.165, 1.54) is 6.08 Å². The van der Waals surface area contributed by atoms with Gasteiger partial charge in [0.2, 0.25) is 0 Å². The van der Waals surface area contributed by atoms with Gasteiger partial charge in [0.1, 0.15) is 0 Å². The number of thiocarbonyl (C=S) groups is 1. The topological polar surface area (TPSA) is 26.3 Å². The Morgan fingerprint density at radius 1 is 1.37 bits per heavy atom. The monoisotopic (exact) mass is 346 g/mol. The van der Waals surface area contributed by atoms with Crippen molar-refractivity contribution < 1.29 is 112 Å². The van der Waals surface area contributed by atoms with Crippen molar-refractivity contribution in [1.82, 2.24) is 0 Å². The average molecular weight is 347 g/mol. The molecular formula is C13H13ClK2O2S-2. The summed E-state index contributed by atoms with van der Waals surface area (Å²) in [6, 6.07) is 7.03. The molecule has 19 heavy (non-hydrogen) atoms.